The Hall–Kier alpha value is -3.35. The average molecular weight is 409 g/mol. The van der Waals surface area contributed by atoms with Crippen LogP contribution in [-0.2, 0) is 16.2 Å². The lowest BCUT2D eigenvalue weighted by molar-refractivity contribution is -0.125. The number of benzene rings is 1. The SMILES string of the molecule is N/C(=N\OCC(=O)NCCC1=CCCCC1)c1ccc(OCc2cccnc2)cc1. The summed E-state index contributed by atoms with van der Waals surface area (Å²) in [6.45, 7) is 0.895. The van der Waals surface area contributed by atoms with E-state index in [4.69, 9.17) is 15.3 Å². The molecule has 1 heterocycles. The molecule has 3 rings (SSSR count). The maximum Gasteiger partial charge on any atom is 0.260 e. The smallest absolute Gasteiger partial charge is 0.260 e. The quantitative estimate of drug-likeness (QED) is 0.272. The van der Waals surface area contributed by atoms with Crippen LogP contribution in [0.25, 0.3) is 0 Å². The Labute approximate surface area is 177 Å². The number of carbonyl (C=O) groups excluding carboxylic acids is 1. The Kier molecular flexibility index (Phi) is 8.26. The van der Waals surface area contributed by atoms with E-state index in [1.165, 1.54) is 18.4 Å². The molecule has 0 fully saturated rings. The molecule has 1 aliphatic carbocycles. The van der Waals surface area contributed by atoms with Crippen molar-refractivity contribution in [1.82, 2.24) is 10.3 Å². The van der Waals surface area contributed by atoms with E-state index in [0.717, 1.165) is 24.8 Å². The minimum absolute atomic E-state index is 0.161. The highest BCUT2D eigenvalue weighted by atomic mass is 16.6. The largest absolute Gasteiger partial charge is 0.489 e. The Morgan fingerprint density at radius 2 is 2.07 bits per heavy atom. The summed E-state index contributed by atoms with van der Waals surface area (Å²) in [5, 5.41) is 6.67. The third kappa shape index (κ3) is 7.24. The second-order valence-corrected chi connectivity index (χ2v) is 7.13. The van der Waals surface area contributed by atoms with Crippen LogP contribution in [0.3, 0.4) is 0 Å². The van der Waals surface area contributed by atoms with Gasteiger partial charge in [-0.3, -0.25) is 9.78 Å². The summed E-state index contributed by atoms with van der Waals surface area (Å²) in [5.74, 6) is 0.708. The number of nitrogens with two attached hydrogens (primary N) is 1. The topological polar surface area (TPSA) is 98.8 Å². The first kappa shape index (κ1) is 21.4. The van der Waals surface area contributed by atoms with Crippen molar-refractivity contribution in [2.24, 2.45) is 10.9 Å². The van der Waals surface area contributed by atoms with E-state index in [9.17, 15) is 4.79 Å². The van der Waals surface area contributed by atoms with Gasteiger partial charge in [0.1, 0.15) is 12.4 Å². The van der Waals surface area contributed by atoms with Crippen molar-refractivity contribution in [3.63, 3.8) is 0 Å². The Balaban J connectivity index is 1.37. The molecular formula is C23H28N4O3. The minimum Gasteiger partial charge on any atom is -0.489 e. The average Bonchev–Trinajstić information content (AvgIpc) is 2.79. The van der Waals surface area contributed by atoms with Gasteiger partial charge in [-0.25, -0.2) is 0 Å². The van der Waals surface area contributed by atoms with Gasteiger partial charge in [-0.15, -0.1) is 0 Å². The number of ether oxygens (including phenoxy) is 1. The van der Waals surface area contributed by atoms with E-state index in [2.05, 4.69) is 21.5 Å². The first-order chi connectivity index (χ1) is 14.7. The molecule has 0 saturated carbocycles. The molecule has 7 heteroatoms. The van der Waals surface area contributed by atoms with Crippen LogP contribution in [0.15, 0.2) is 65.6 Å². The lowest BCUT2D eigenvalue weighted by atomic mass is 9.97. The second kappa shape index (κ2) is 11.6. The molecule has 1 aromatic carbocycles. The molecule has 7 nitrogen and oxygen atoms in total. The Bertz CT molecular complexity index is 864. The number of oxime groups is 1. The number of aromatic nitrogens is 1. The van der Waals surface area contributed by atoms with Crippen molar-refractivity contribution >= 4 is 11.7 Å². The Morgan fingerprint density at radius 1 is 1.20 bits per heavy atom. The monoisotopic (exact) mass is 408 g/mol. The molecule has 0 bridgehead atoms. The molecule has 1 aromatic heterocycles. The molecule has 158 valence electrons. The number of nitrogens with zero attached hydrogens (tertiary/aromatic N) is 2. The molecule has 0 aliphatic heterocycles. The predicted octanol–water partition coefficient (Wildman–Crippen LogP) is 3.30. The standard InChI is InChI=1S/C23H28N4O3/c24-23(27-30-17-22(28)26-14-12-18-5-2-1-3-6-18)20-8-10-21(11-9-20)29-16-19-7-4-13-25-15-19/h4-5,7-11,13,15H,1-3,6,12,14,16-17H2,(H2,24,27)(H,26,28). The summed E-state index contributed by atoms with van der Waals surface area (Å²) in [6.07, 6.45) is 11.5. The molecule has 1 amide bonds. The van der Waals surface area contributed by atoms with Crippen LogP contribution in [0.5, 0.6) is 5.75 Å². The third-order valence-corrected chi connectivity index (χ3v) is 4.79. The minimum atomic E-state index is -0.206. The number of nitrogens with one attached hydrogen (secondary N) is 1. The van der Waals surface area contributed by atoms with Crippen LogP contribution < -0.4 is 15.8 Å². The van der Waals surface area contributed by atoms with Crippen LogP contribution >= 0.6 is 0 Å². The highest BCUT2D eigenvalue weighted by Crippen LogP contribution is 2.19. The van der Waals surface area contributed by atoms with E-state index in [-0.39, 0.29) is 18.3 Å². The summed E-state index contributed by atoms with van der Waals surface area (Å²) in [7, 11) is 0. The first-order valence-corrected chi connectivity index (χ1v) is 10.2. The molecule has 0 radical (unpaired) electrons. The zero-order valence-electron chi connectivity index (χ0n) is 17.0. The summed E-state index contributed by atoms with van der Waals surface area (Å²) >= 11 is 0. The van der Waals surface area contributed by atoms with Gasteiger partial charge in [0.15, 0.2) is 12.4 Å². The van der Waals surface area contributed by atoms with Crippen molar-refractivity contribution in [2.45, 2.75) is 38.7 Å². The number of amidine groups is 1. The maximum absolute atomic E-state index is 11.8. The molecule has 3 N–H and O–H groups in total. The van der Waals surface area contributed by atoms with Crippen LogP contribution in [0.4, 0.5) is 0 Å². The van der Waals surface area contributed by atoms with Gasteiger partial charge in [-0.05, 0) is 62.4 Å². The highest BCUT2D eigenvalue weighted by molar-refractivity contribution is 5.97. The Morgan fingerprint density at radius 3 is 2.80 bits per heavy atom. The summed E-state index contributed by atoms with van der Waals surface area (Å²) in [5.41, 5.74) is 9.04. The number of pyridine rings is 1. The summed E-state index contributed by atoms with van der Waals surface area (Å²) in [6, 6.07) is 11.0. The first-order valence-electron chi connectivity index (χ1n) is 10.2. The number of hydrogen-bond donors (Lipinski definition) is 2. The number of carbonyl (C=O) groups is 1. The fourth-order valence-electron chi connectivity index (χ4n) is 3.13. The lowest BCUT2D eigenvalue weighted by Crippen LogP contribution is -2.28. The fraction of sp³-hybridized carbons (Fsp3) is 0.348. The number of amides is 1. The third-order valence-electron chi connectivity index (χ3n) is 4.79. The summed E-state index contributed by atoms with van der Waals surface area (Å²) in [4.78, 5) is 21.0. The van der Waals surface area contributed by atoms with Crippen molar-refractivity contribution in [3.8, 4) is 5.75 Å². The zero-order chi connectivity index (χ0) is 21.0. The van der Waals surface area contributed by atoms with E-state index in [0.29, 0.717) is 24.5 Å². The molecule has 2 aromatic rings. The van der Waals surface area contributed by atoms with Gasteiger partial charge < -0.3 is 20.6 Å². The van der Waals surface area contributed by atoms with Crippen LogP contribution in [0.2, 0.25) is 0 Å². The zero-order valence-corrected chi connectivity index (χ0v) is 17.0. The number of hydrogen-bond acceptors (Lipinski definition) is 5. The highest BCUT2D eigenvalue weighted by Gasteiger charge is 2.06. The van der Waals surface area contributed by atoms with E-state index in [1.54, 1.807) is 36.7 Å². The second-order valence-electron chi connectivity index (χ2n) is 7.13. The molecular weight excluding hydrogens is 380 g/mol. The molecule has 0 unspecified atom stereocenters. The fourth-order valence-corrected chi connectivity index (χ4v) is 3.13. The van der Waals surface area contributed by atoms with Gasteiger partial charge >= 0.3 is 0 Å². The van der Waals surface area contributed by atoms with Gasteiger partial charge in [0, 0.05) is 30.1 Å². The van der Waals surface area contributed by atoms with Gasteiger partial charge in [0.2, 0.25) is 0 Å². The molecule has 1 aliphatic rings. The van der Waals surface area contributed by atoms with Gasteiger partial charge in [-0.2, -0.15) is 0 Å². The van der Waals surface area contributed by atoms with Crippen LogP contribution in [0.1, 0.15) is 43.2 Å². The number of allylic oxidation sites excluding steroid dienone is 1. The van der Waals surface area contributed by atoms with Gasteiger partial charge in [0.05, 0.1) is 0 Å². The van der Waals surface area contributed by atoms with Crippen molar-refractivity contribution in [3.05, 3.63) is 71.6 Å². The van der Waals surface area contributed by atoms with Gasteiger partial charge in [0.25, 0.3) is 5.91 Å². The predicted molar refractivity (Wildman–Crippen MR) is 116 cm³/mol. The van der Waals surface area contributed by atoms with Crippen LogP contribution in [-0.4, -0.2) is 29.9 Å². The normalized spacial score (nSPS) is 14.0. The summed E-state index contributed by atoms with van der Waals surface area (Å²) < 4.78 is 5.71. The van der Waals surface area contributed by atoms with Crippen LogP contribution in [0, 0.1) is 0 Å². The molecule has 0 spiro atoms. The van der Waals surface area contributed by atoms with Crippen molar-refractivity contribution in [2.75, 3.05) is 13.2 Å². The van der Waals surface area contributed by atoms with Gasteiger partial charge in [-0.1, -0.05) is 22.9 Å². The maximum atomic E-state index is 11.8. The van der Waals surface area contributed by atoms with Crippen molar-refractivity contribution in [1.29, 1.82) is 0 Å². The molecule has 0 atom stereocenters. The van der Waals surface area contributed by atoms with E-state index < -0.39 is 0 Å². The van der Waals surface area contributed by atoms with Crippen molar-refractivity contribution < 1.29 is 14.4 Å². The van der Waals surface area contributed by atoms with E-state index >= 15 is 0 Å². The number of rotatable bonds is 10. The lowest BCUT2D eigenvalue weighted by Gasteiger charge is -2.12. The molecule has 30 heavy (non-hydrogen) atoms. The van der Waals surface area contributed by atoms with E-state index in [1.807, 2.05) is 12.1 Å². The molecule has 0 saturated heterocycles.